The number of amides is 4. The molecule has 0 bridgehead atoms. The van der Waals surface area contributed by atoms with Crippen molar-refractivity contribution < 1.29 is 14.3 Å². The second-order valence-corrected chi connectivity index (χ2v) is 7.16. The zero-order valence-electron chi connectivity index (χ0n) is 16.8. The molecule has 2 N–H and O–H groups in total. The van der Waals surface area contributed by atoms with Gasteiger partial charge in [-0.1, -0.05) is 30.3 Å². The lowest BCUT2D eigenvalue weighted by Gasteiger charge is -2.32. The average molecular weight is 397 g/mol. The van der Waals surface area contributed by atoms with Crippen LogP contribution in [-0.2, 0) is 6.54 Å². The molecule has 8 heteroatoms. The molecule has 1 aromatic heterocycles. The number of nitrogens with one attached hydrogen (secondary N) is 2. The molecule has 0 aliphatic carbocycles. The zero-order chi connectivity index (χ0) is 20.6. The van der Waals surface area contributed by atoms with Crippen molar-refractivity contribution in [3.05, 3.63) is 54.2 Å². The number of aromatic nitrogens is 1. The van der Waals surface area contributed by atoms with E-state index in [0.29, 0.717) is 31.2 Å². The normalized spacial score (nSPS) is 14.2. The van der Waals surface area contributed by atoms with Gasteiger partial charge >= 0.3 is 12.1 Å². The molecule has 0 unspecified atom stereocenters. The van der Waals surface area contributed by atoms with Crippen molar-refractivity contribution in [3.8, 4) is 5.88 Å². The Morgan fingerprint density at radius 1 is 1.14 bits per heavy atom. The van der Waals surface area contributed by atoms with Gasteiger partial charge in [0.1, 0.15) is 6.10 Å². The van der Waals surface area contributed by atoms with Crippen molar-refractivity contribution in [1.29, 1.82) is 0 Å². The summed E-state index contributed by atoms with van der Waals surface area (Å²) in [4.78, 5) is 31.5. The Hall–Kier alpha value is -3.29. The van der Waals surface area contributed by atoms with Crippen molar-refractivity contribution in [3.63, 3.8) is 0 Å². The maximum atomic E-state index is 12.3. The third-order valence-electron chi connectivity index (χ3n) is 4.70. The number of hydrogen-bond acceptors (Lipinski definition) is 4. The van der Waals surface area contributed by atoms with Gasteiger partial charge in [0.05, 0.1) is 11.9 Å². The number of hydrogen-bond donors (Lipinski definition) is 2. The molecule has 29 heavy (non-hydrogen) atoms. The van der Waals surface area contributed by atoms with Gasteiger partial charge in [0.2, 0.25) is 5.88 Å². The smallest absolute Gasteiger partial charge is 0.321 e. The summed E-state index contributed by atoms with van der Waals surface area (Å²) in [5, 5.41) is 5.69. The minimum atomic E-state index is -0.210. The molecule has 1 saturated heterocycles. The molecule has 1 fully saturated rings. The second-order valence-electron chi connectivity index (χ2n) is 7.16. The molecule has 0 atom stereocenters. The van der Waals surface area contributed by atoms with Crippen LogP contribution in [0.5, 0.6) is 5.88 Å². The predicted molar refractivity (Wildman–Crippen MR) is 111 cm³/mol. The van der Waals surface area contributed by atoms with Crippen LogP contribution in [0.3, 0.4) is 0 Å². The van der Waals surface area contributed by atoms with Crippen molar-refractivity contribution >= 4 is 17.7 Å². The fourth-order valence-electron chi connectivity index (χ4n) is 2.99. The molecule has 0 radical (unpaired) electrons. The number of carbonyl (C=O) groups excluding carboxylic acids is 2. The number of urea groups is 2. The van der Waals surface area contributed by atoms with E-state index in [1.807, 2.05) is 35.2 Å². The number of ether oxygens (including phenoxy) is 1. The summed E-state index contributed by atoms with van der Waals surface area (Å²) >= 11 is 0. The maximum absolute atomic E-state index is 12.3. The van der Waals surface area contributed by atoms with Crippen molar-refractivity contribution in [1.82, 2.24) is 20.1 Å². The number of likely N-dealkylation sites (tertiary alicyclic amines) is 1. The van der Waals surface area contributed by atoms with Gasteiger partial charge in [-0.3, -0.25) is 0 Å². The number of benzene rings is 1. The van der Waals surface area contributed by atoms with Crippen LogP contribution in [0.15, 0.2) is 48.7 Å². The third kappa shape index (κ3) is 6.10. The monoisotopic (exact) mass is 397 g/mol. The molecular formula is C21H27N5O3. The van der Waals surface area contributed by atoms with Crippen LogP contribution >= 0.6 is 0 Å². The first kappa shape index (κ1) is 20.4. The van der Waals surface area contributed by atoms with Crippen LogP contribution in [-0.4, -0.2) is 60.1 Å². The number of carbonyl (C=O) groups is 2. The van der Waals surface area contributed by atoms with Gasteiger partial charge in [-0.25, -0.2) is 14.6 Å². The summed E-state index contributed by atoms with van der Waals surface area (Å²) in [5.74, 6) is 0.514. The fraction of sp³-hybridized carbons (Fsp3) is 0.381. The number of anilines is 1. The molecule has 1 aromatic carbocycles. The minimum Gasteiger partial charge on any atom is -0.474 e. The van der Waals surface area contributed by atoms with Gasteiger partial charge < -0.3 is 25.2 Å². The topological polar surface area (TPSA) is 86.8 Å². The van der Waals surface area contributed by atoms with Gasteiger partial charge in [0, 0.05) is 52.6 Å². The summed E-state index contributed by atoms with van der Waals surface area (Å²) in [6.45, 7) is 1.81. The predicted octanol–water partition coefficient (Wildman–Crippen LogP) is 2.93. The van der Waals surface area contributed by atoms with Crippen LogP contribution < -0.4 is 15.4 Å². The highest BCUT2D eigenvalue weighted by Gasteiger charge is 2.24. The van der Waals surface area contributed by atoms with E-state index in [9.17, 15) is 9.59 Å². The van der Waals surface area contributed by atoms with Gasteiger partial charge in [0.15, 0.2) is 0 Å². The zero-order valence-corrected chi connectivity index (χ0v) is 16.8. The summed E-state index contributed by atoms with van der Waals surface area (Å²) in [5.41, 5.74) is 1.69. The van der Waals surface area contributed by atoms with Crippen LogP contribution in [0.1, 0.15) is 18.4 Å². The molecule has 4 amide bonds. The molecule has 154 valence electrons. The van der Waals surface area contributed by atoms with E-state index in [0.717, 1.165) is 18.4 Å². The van der Waals surface area contributed by atoms with Gasteiger partial charge in [-0.15, -0.1) is 0 Å². The van der Waals surface area contributed by atoms with Gasteiger partial charge in [-0.05, 0) is 11.6 Å². The van der Waals surface area contributed by atoms with E-state index in [-0.39, 0.29) is 18.2 Å². The van der Waals surface area contributed by atoms with Crippen LogP contribution in [0.4, 0.5) is 15.3 Å². The lowest BCUT2D eigenvalue weighted by molar-refractivity contribution is 0.107. The van der Waals surface area contributed by atoms with E-state index < -0.39 is 0 Å². The largest absolute Gasteiger partial charge is 0.474 e. The molecule has 0 saturated carbocycles. The minimum absolute atomic E-state index is 0.0166. The first-order valence-electron chi connectivity index (χ1n) is 9.69. The summed E-state index contributed by atoms with van der Waals surface area (Å²) in [6.07, 6.45) is 3.09. The Morgan fingerprint density at radius 2 is 1.86 bits per heavy atom. The van der Waals surface area contributed by atoms with Crippen LogP contribution in [0, 0.1) is 0 Å². The van der Waals surface area contributed by atoms with E-state index in [4.69, 9.17) is 4.74 Å². The molecule has 3 rings (SSSR count). The van der Waals surface area contributed by atoms with E-state index >= 15 is 0 Å². The summed E-state index contributed by atoms with van der Waals surface area (Å²) in [6, 6.07) is 13.1. The number of piperidine rings is 1. The van der Waals surface area contributed by atoms with Crippen LogP contribution in [0.25, 0.3) is 0 Å². The van der Waals surface area contributed by atoms with E-state index in [1.54, 1.807) is 32.4 Å². The average Bonchev–Trinajstić information content (AvgIpc) is 2.74. The summed E-state index contributed by atoms with van der Waals surface area (Å²) in [7, 11) is 3.35. The standard InChI is InChI=1S/C21H27N5O3/c1-25(2)21(28)24-17-8-9-19(22-15-17)29-18-10-12-26(13-11-18)20(27)23-14-16-6-4-3-5-7-16/h3-9,15,18H,10-14H2,1-2H3,(H,23,27)(H,24,28). The Bertz CT molecular complexity index is 803. The van der Waals surface area contributed by atoms with Gasteiger partial charge in [-0.2, -0.15) is 0 Å². The molecule has 2 heterocycles. The molecule has 1 aliphatic heterocycles. The van der Waals surface area contributed by atoms with Crippen molar-refractivity contribution in [2.45, 2.75) is 25.5 Å². The van der Waals surface area contributed by atoms with Gasteiger partial charge in [0.25, 0.3) is 0 Å². The Balaban J connectivity index is 1.41. The summed E-state index contributed by atoms with van der Waals surface area (Å²) < 4.78 is 5.93. The second kappa shape index (κ2) is 9.77. The van der Waals surface area contributed by atoms with Crippen molar-refractivity contribution in [2.75, 3.05) is 32.5 Å². The lowest BCUT2D eigenvalue weighted by Crippen LogP contribution is -2.46. The molecule has 1 aliphatic rings. The molecular weight excluding hydrogens is 370 g/mol. The molecule has 2 aromatic rings. The first-order valence-corrected chi connectivity index (χ1v) is 9.69. The Morgan fingerprint density at radius 3 is 2.48 bits per heavy atom. The highest BCUT2D eigenvalue weighted by atomic mass is 16.5. The first-order chi connectivity index (χ1) is 14.0. The third-order valence-corrected chi connectivity index (χ3v) is 4.70. The SMILES string of the molecule is CN(C)C(=O)Nc1ccc(OC2CCN(C(=O)NCc3ccccc3)CC2)nc1. The number of pyridine rings is 1. The van der Waals surface area contributed by atoms with E-state index in [1.165, 1.54) is 4.90 Å². The number of nitrogens with zero attached hydrogens (tertiary/aromatic N) is 3. The maximum Gasteiger partial charge on any atom is 0.321 e. The fourth-order valence-corrected chi connectivity index (χ4v) is 2.99. The highest BCUT2D eigenvalue weighted by molar-refractivity contribution is 5.88. The quantitative estimate of drug-likeness (QED) is 0.812. The van der Waals surface area contributed by atoms with E-state index in [2.05, 4.69) is 15.6 Å². The Kier molecular flexibility index (Phi) is 6.89. The molecule has 0 spiro atoms. The Labute approximate surface area is 170 Å². The number of rotatable bonds is 5. The lowest BCUT2D eigenvalue weighted by atomic mass is 10.1. The highest BCUT2D eigenvalue weighted by Crippen LogP contribution is 2.19. The van der Waals surface area contributed by atoms with Crippen molar-refractivity contribution in [2.24, 2.45) is 0 Å². The van der Waals surface area contributed by atoms with Crippen LogP contribution in [0.2, 0.25) is 0 Å². The molecule has 8 nitrogen and oxygen atoms in total.